The van der Waals surface area contributed by atoms with Gasteiger partial charge in [-0.2, -0.15) is 0 Å². The predicted molar refractivity (Wildman–Crippen MR) is 90.0 cm³/mol. The van der Waals surface area contributed by atoms with Crippen LogP contribution in [0.2, 0.25) is 0 Å². The lowest BCUT2D eigenvalue weighted by Gasteiger charge is -2.10. The lowest BCUT2D eigenvalue weighted by molar-refractivity contribution is -0.121. The molecule has 0 spiro atoms. The van der Waals surface area contributed by atoms with Crippen molar-refractivity contribution in [1.82, 2.24) is 10.9 Å². The van der Waals surface area contributed by atoms with E-state index in [0.29, 0.717) is 11.3 Å². The summed E-state index contributed by atoms with van der Waals surface area (Å²) in [6, 6.07) is 12.2. The van der Waals surface area contributed by atoms with Crippen molar-refractivity contribution in [2.45, 2.75) is 13.3 Å². The highest BCUT2D eigenvalue weighted by atomic mass is 16.5. The Morgan fingerprint density at radius 2 is 1.67 bits per heavy atom. The zero-order chi connectivity index (χ0) is 17.5. The summed E-state index contributed by atoms with van der Waals surface area (Å²) < 4.78 is 10.2. The fourth-order valence-electron chi connectivity index (χ4n) is 2.13. The summed E-state index contributed by atoms with van der Waals surface area (Å²) in [6.45, 7) is 1.89. The smallest absolute Gasteiger partial charge is 0.269 e. The molecule has 0 bridgehead atoms. The molecule has 6 heteroatoms. The number of nitrogens with one attached hydrogen (secondary N) is 2. The van der Waals surface area contributed by atoms with Crippen molar-refractivity contribution in [1.29, 1.82) is 0 Å². The van der Waals surface area contributed by atoms with Crippen LogP contribution in [0.25, 0.3) is 0 Å². The topological polar surface area (TPSA) is 76.7 Å². The van der Waals surface area contributed by atoms with Gasteiger partial charge in [-0.25, -0.2) is 0 Å². The van der Waals surface area contributed by atoms with Gasteiger partial charge in [0.1, 0.15) is 11.5 Å². The molecule has 0 radical (unpaired) electrons. The molecule has 2 rings (SSSR count). The molecule has 0 saturated heterocycles. The Bertz CT molecular complexity index is 726. The molecule has 2 aromatic rings. The number of carbonyl (C=O) groups excluding carboxylic acids is 2. The van der Waals surface area contributed by atoms with E-state index < -0.39 is 5.91 Å². The van der Waals surface area contributed by atoms with Crippen LogP contribution in [-0.4, -0.2) is 26.0 Å². The van der Waals surface area contributed by atoms with E-state index in [-0.39, 0.29) is 12.3 Å². The summed E-state index contributed by atoms with van der Waals surface area (Å²) >= 11 is 0. The molecule has 0 saturated carbocycles. The lowest BCUT2D eigenvalue weighted by atomic mass is 10.1. The maximum absolute atomic E-state index is 12.1. The molecule has 0 fully saturated rings. The monoisotopic (exact) mass is 328 g/mol. The molecular weight excluding hydrogens is 308 g/mol. The second-order valence-corrected chi connectivity index (χ2v) is 5.21. The fraction of sp³-hybridized carbons (Fsp3) is 0.222. The van der Waals surface area contributed by atoms with Gasteiger partial charge in [-0.1, -0.05) is 18.2 Å². The fourth-order valence-corrected chi connectivity index (χ4v) is 2.13. The summed E-state index contributed by atoms with van der Waals surface area (Å²) in [4.78, 5) is 24.0. The second kappa shape index (κ2) is 8.01. The van der Waals surface area contributed by atoms with Crippen molar-refractivity contribution in [3.8, 4) is 11.5 Å². The first-order valence-corrected chi connectivity index (χ1v) is 7.40. The van der Waals surface area contributed by atoms with Crippen LogP contribution in [-0.2, 0) is 11.2 Å². The minimum atomic E-state index is -0.406. The number of amides is 2. The van der Waals surface area contributed by atoms with Crippen LogP contribution in [0.3, 0.4) is 0 Å². The maximum atomic E-state index is 12.1. The molecule has 0 aliphatic rings. The molecule has 126 valence electrons. The maximum Gasteiger partial charge on any atom is 0.269 e. The van der Waals surface area contributed by atoms with Gasteiger partial charge >= 0.3 is 0 Å². The molecular formula is C18H20N2O4. The second-order valence-electron chi connectivity index (χ2n) is 5.21. The Kier molecular flexibility index (Phi) is 5.78. The quantitative estimate of drug-likeness (QED) is 0.823. The van der Waals surface area contributed by atoms with Gasteiger partial charge in [0, 0.05) is 5.56 Å². The number of benzene rings is 2. The molecule has 0 aliphatic carbocycles. The van der Waals surface area contributed by atoms with E-state index in [9.17, 15) is 9.59 Å². The van der Waals surface area contributed by atoms with Crippen LogP contribution in [0.4, 0.5) is 0 Å². The number of methoxy groups -OCH3 is 2. The van der Waals surface area contributed by atoms with Crippen LogP contribution in [0.5, 0.6) is 11.5 Å². The van der Waals surface area contributed by atoms with Crippen molar-refractivity contribution >= 4 is 11.8 Å². The molecule has 6 nitrogen and oxygen atoms in total. The Hall–Kier alpha value is -3.02. The van der Waals surface area contributed by atoms with Crippen LogP contribution < -0.4 is 20.3 Å². The lowest BCUT2D eigenvalue weighted by Crippen LogP contribution is -2.42. The number of hydrazine groups is 1. The number of aryl methyl sites for hydroxylation is 1. The molecule has 0 aromatic heterocycles. The van der Waals surface area contributed by atoms with Gasteiger partial charge in [0.05, 0.1) is 20.6 Å². The number of ether oxygens (including phenoxy) is 2. The predicted octanol–water partition coefficient (Wildman–Crippen LogP) is 2.02. The Labute approximate surface area is 140 Å². The van der Waals surface area contributed by atoms with Gasteiger partial charge in [0.15, 0.2) is 0 Å². The van der Waals surface area contributed by atoms with Crippen LogP contribution in [0.1, 0.15) is 21.5 Å². The molecule has 24 heavy (non-hydrogen) atoms. The molecule has 2 amide bonds. The summed E-state index contributed by atoms with van der Waals surface area (Å²) in [5.74, 6) is 0.622. The van der Waals surface area contributed by atoms with Crippen LogP contribution in [0, 0.1) is 6.92 Å². The highest BCUT2D eigenvalue weighted by Gasteiger charge is 2.10. The highest BCUT2D eigenvalue weighted by molar-refractivity contribution is 5.96. The highest BCUT2D eigenvalue weighted by Crippen LogP contribution is 2.18. The van der Waals surface area contributed by atoms with Crippen molar-refractivity contribution in [2.75, 3.05) is 14.2 Å². The normalized spacial score (nSPS) is 9.96. The van der Waals surface area contributed by atoms with E-state index in [1.165, 1.54) is 0 Å². The zero-order valence-electron chi connectivity index (χ0n) is 13.9. The molecule has 2 N–H and O–H groups in total. The zero-order valence-corrected chi connectivity index (χ0v) is 13.9. The Morgan fingerprint density at radius 3 is 2.29 bits per heavy atom. The van der Waals surface area contributed by atoms with E-state index in [2.05, 4.69) is 10.9 Å². The molecule has 0 atom stereocenters. The first kappa shape index (κ1) is 17.3. The molecule has 0 aliphatic heterocycles. The Morgan fingerprint density at radius 1 is 0.958 bits per heavy atom. The van der Waals surface area contributed by atoms with Crippen molar-refractivity contribution in [3.05, 3.63) is 59.2 Å². The summed E-state index contributed by atoms with van der Waals surface area (Å²) in [5, 5.41) is 0. The van der Waals surface area contributed by atoms with Gasteiger partial charge in [0.25, 0.3) is 5.91 Å². The van der Waals surface area contributed by atoms with E-state index in [1.54, 1.807) is 56.7 Å². The SMILES string of the molecule is COc1ccc(CC(=O)NNC(=O)c2ccc(C)c(OC)c2)cc1. The summed E-state index contributed by atoms with van der Waals surface area (Å²) in [6.07, 6.45) is 0.154. The average molecular weight is 328 g/mol. The van der Waals surface area contributed by atoms with Gasteiger partial charge < -0.3 is 9.47 Å². The van der Waals surface area contributed by atoms with E-state index >= 15 is 0 Å². The average Bonchev–Trinajstić information content (AvgIpc) is 2.60. The van der Waals surface area contributed by atoms with Gasteiger partial charge in [-0.3, -0.25) is 20.4 Å². The van der Waals surface area contributed by atoms with Crippen molar-refractivity contribution in [3.63, 3.8) is 0 Å². The van der Waals surface area contributed by atoms with Crippen LogP contribution >= 0.6 is 0 Å². The minimum absolute atomic E-state index is 0.154. The molecule has 0 heterocycles. The van der Waals surface area contributed by atoms with Gasteiger partial charge in [0.2, 0.25) is 5.91 Å². The Balaban J connectivity index is 1.89. The minimum Gasteiger partial charge on any atom is -0.497 e. The third kappa shape index (κ3) is 4.49. The number of hydrogen-bond donors (Lipinski definition) is 2. The van der Waals surface area contributed by atoms with Crippen molar-refractivity contribution < 1.29 is 19.1 Å². The summed E-state index contributed by atoms with van der Waals surface area (Å²) in [5.41, 5.74) is 6.95. The third-order valence-corrected chi connectivity index (χ3v) is 3.51. The van der Waals surface area contributed by atoms with E-state index in [0.717, 1.165) is 16.9 Å². The van der Waals surface area contributed by atoms with E-state index in [4.69, 9.17) is 9.47 Å². The molecule has 0 unspecified atom stereocenters. The summed E-state index contributed by atoms with van der Waals surface area (Å²) in [7, 11) is 3.12. The third-order valence-electron chi connectivity index (χ3n) is 3.51. The number of hydrogen-bond acceptors (Lipinski definition) is 4. The first-order valence-electron chi connectivity index (χ1n) is 7.40. The molecule has 2 aromatic carbocycles. The van der Waals surface area contributed by atoms with E-state index in [1.807, 2.05) is 6.92 Å². The standard InChI is InChI=1S/C18H20N2O4/c1-12-4-7-14(11-16(12)24-3)18(22)20-19-17(21)10-13-5-8-15(23-2)9-6-13/h4-9,11H,10H2,1-3H3,(H,19,21)(H,20,22). The van der Waals surface area contributed by atoms with Crippen molar-refractivity contribution in [2.24, 2.45) is 0 Å². The number of rotatable bonds is 5. The van der Waals surface area contributed by atoms with Gasteiger partial charge in [-0.15, -0.1) is 0 Å². The first-order chi connectivity index (χ1) is 11.5. The van der Waals surface area contributed by atoms with Gasteiger partial charge in [-0.05, 0) is 42.3 Å². The largest absolute Gasteiger partial charge is 0.497 e. The number of carbonyl (C=O) groups is 2. The van der Waals surface area contributed by atoms with Crippen LogP contribution in [0.15, 0.2) is 42.5 Å².